The number of aromatic nitrogens is 3. The number of pyridine rings is 1. The molecule has 25 heavy (non-hydrogen) atoms. The van der Waals surface area contributed by atoms with E-state index in [2.05, 4.69) is 30.8 Å². The summed E-state index contributed by atoms with van der Waals surface area (Å²) in [6.45, 7) is 5.29. The van der Waals surface area contributed by atoms with Crippen molar-refractivity contribution in [2.45, 2.75) is 13.3 Å². The molecule has 0 saturated carbocycles. The van der Waals surface area contributed by atoms with Gasteiger partial charge in [0.1, 0.15) is 18.2 Å². The van der Waals surface area contributed by atoms with Crippen LogP contribution >= 0.6 is 0 Å². The summed E-state index contributed by atoms with van der Waals surface area (Å²) in [4.78, 5) is 16.9. The molecule has 2 aliphatic heterocycles. The zero-order valence-corrected chi connectivity index (χ0v) is 14.1. The Morgan fingerprint density at radius 3 is 2.44 bits per heavy atom. The largest absolute Gasteiger partial charge is 0.356 e. The molecule has 2 aromatic rings. The Balaban J connectivity index is 1.46. The zero-order chi connectivity index (χ0) is 17.4. The van der Waals surface area contributed by atoms with E-state index in [9.17, 15) is 4.39 Å². The van der Waals surface area contributed by atoms with Crippen LogP contribution in [0.4, 0.5) is 16.0 Å². The first kappa shape index (κ1) is 15.8. The van der Waals surface area contributed by atoms with Gasteiger partial charge in [-0.3, -0.25) is 0 Å². The highest BCUT2D eigenvalue weighted by molar-refractivity contribution is 5.47. The van der Waals surface area contributed by atoms with Crippen LogP contribution in [0.1, 0.15) is 18.2 Å². The summed E-state index contributed by atoms with van der Waals surface area (Å²) in [6.07, 6.45) is 3.64. The molecule has 0 aromatic carbocycles. The van der Waals surface area contributed by atoms with Crippen molar-refractivity contribution in [2.75, 3.05) is 36.0 Å². The third-order valence-electron chi connectivity index (χ3n) is 5.16. The van der Waals surface area contributed by atoms with Crippen LogP contribution in [-0.2, 0) is 6.42 Å². The number of anilines is 2. The highest BCUT2D eigenvalue weighted by atomic mass is 19.1. The maximum atomic E-state index is 14.5. The summed E-state index contributed by atoms with van der Waals surface area (Å²) >= 11 is 0. The minimum Gasteiger partial charge on any atom is -0.356 e. The number of halogens is 1. The first-order chi connectivity index (χ1) is 12.2. The van der Waals surface area contributed by atoms with Crippen LogP contribution in [0.3, 0.4) is 0 Å². The summed E-state index contributed by atoms with van der Waals surface area (Å²) in [7, 11) is 0. The monoisotopic (exact) mass is 338 g/mol. The molecule has 4 rings (SSSR count). The minimum absolute atomic E-state index is 0.282. The van der Waals surface area contributed by atoms with E-state index in [4.69, 9.17) is 5.26 Å². The van der Waals surface area contributed by atoms with Crippen LogP contribution in [0.2, 0.25) is 0 Å². The lowest BCUT2D eigenvalue weighted by atomic mass is 10.0. The van der Waals surface area contributed by atoms with Gasteiger partial charge in [0.25, 0.3) is 0 Å². The first-order valence-electron chi connectivity index (χ1n) is 8.55. The second-order valence-electron chi connectivity index (χ2n) is 6.66. The fraction of sp³-hybridized carbons (Fsp3) is 0.444. The average molecular weight is 338 g/mol. The number of aryl methyl sites for hydroxylation is 1. The van der Waals surface area contributed by atoms with Crippen molar-refractivity contribution in [1.82, 2.24) is 15.0 Å². The summed E-state index contributed by atoms with van der Waals surface area (Å²) < 4.78 is 14.5. The van der Waals surface area contributed by atoms with Gasteiger partial charge in [-0.05, 0) is 18.6 Å². The van der Waals surface area contributed by atoms with Crippen molar-refractivity contribution >= 4 is 11.6 Å². The number of hydrogen-bond donors (Lipinski definition) is 0. The molecule has 6 nitrogen and oxygen atoms in total. The molecule has 2 atom stereocenters. The lowest BCUT2D eigenvalue weighted by Gasteiger charge is -2.23. The molecule has 4 heterocycles. The molecule has 0 aliphatic carbocycles. The lowest BCUT2D eigenvalue weighted by Crippen LogP contribution is -2.30. The van der Waals surface area contributed by atoms with E-state index in [1.165, 1.54) is 6.33 Å². The number of nitriles is 1. The molecule has 2 unspecified atom stereocenters. The van der Waals surface area contributed by atoms with Gasteiger partial charge in [0.15, 0.2) is 11.6 Å². The summed E-state index contributed by atoms with van der Waals surface area (Å²) in [5, 5.41) is 8.87. The van der Waals surface area contributed by atoms with E-state index >= 15 is 0 Å². The molecule has 0 N–H and O–H groups in total. The molecule has 0 bridgehead atoms. The highest BCUT2D eigenvalue weighted by Crippen LogP contribution is 2.35. The normalized spacial score (nSPS) is 22.1. The van der Waals surface area contributed by atoms with Gasteiger partial charge in [-0.25, -0.2) is 19.3 Å². The van der Waals surface area contributed by atoms with Crippen LogP contribution < -0.4 is 9.80 Å². The maximum absolute atomic E-state index is 14.5. The Morgan fingerprint density at radius 1 is 1.12 bits per heavy atom. The standard InChI is InChI=1S/C18H19FN6/c1-2-15-17(19)18(23-11-22-15)25-9-13-7-24(8-14(13)10-25)16-4-3-12(5-20)6-21-16/h3-4,6,11,13-14H,2,7-10H2,1H3. The van der Waals surface area contributed by atoms with Crippen molar-refractivity contribution in [3.8, 4) is 6.07 Å². The van der Waals surface area contributed by atoms with Crippen molar-refractivity contribution in [3.63, 3.8) is 0 Å². The van der Waals surface area contributed by atoms with Crippen LogP contribution in [0.5, 0.6) is 0 Å². The Labute approximate surface area is 145 Å². The van der Waals surface area contributed by atoms with Crippen LogP contribution in [0.25, 0.3) is 0 Å². The Kier molecular flexibility index (Phi) is 3.96. The third kappa shape index (κ3) is 2.78. The van der Waals surface area contributed by atoms with Crippen molar-refractivity contribution in [1.29, 1.82) is 5.26 Å². The molecule has 2 fully saturated rings. The summed E-state index contributed by atoms with van der Waals surface area (Å²) in [5.74, 6) is 2.00. The molecule has 7 heteroatoms. The topological polar surface area (TPSA) is 68.9 Å². The van der Waals surface area contributed by atoms with Crippen LogP contribution in [-0.4, -0.2) is 41.1 Å². The molecule has 2 aliphatic rings. The van der Waals surface area contributed by atoms with Crippen LogP contribution in [0, 0.1) is 29.0 Å². The Morgan fingerprint density at radius 2 is 1.84 bits per heavy atom. The Hall–Kier alpha value is -2.75. The van der Waals surface area contributed by atoms with E-state index in [-0.39, 0.29) is 5.82 Å². The van der Waals surface area contributed by atoms with Gasteiger partial charge in [0.2, 0.25) is 0 Å². The van der Waals surface area contributed by atoms with E-state index in [0.717, 1.165) is 32.0 Å². The predicted molar refractivity (Wildman–Crippen MR) is 91.7 cm³/mol. The molecular weight excluding hydrogens is 319 g/mol. The quantitative estimate of drug-likeness (QED) is 0.853. The number of hydrogen-bond acceptors (Lipinski definition) is 6. The first-order valence-corrected chi connectivity index (χ1v) is 8.55. The molecule has 128 valence electrons. The Bertz CT molecular complexity index is 801. The van der Waals surface area contributed by atoms with E-state index in [1.54, 1.807) is 12.3 Å². The fourth-order valence-electron chi connectivity index (χ4n) is 3.85. The molecule has 2 aromatic heterocycles. The van der Waals surface area contributed by atoms with Gasteiger partial charge < -0.3 is 9.80 Å². The molecule has 0 amide bonds. The lowest BCUT2D eigenvalue weighted by molar-refractivity contribution is 0.533. The molecular formula is C18H19FN6. The average Bonchev–Trinajstić information content (AvgIpc) is 3.21. The van der Waals surface area contributed by atoms with Gasteiger partial charge in [-0.2, -0.15) is 5.26 Å². The molecule has 2 saturated heterocycles. The predicted octanol–water partition coefficient (Wildman–Crippen LogP) is 2.02. The van der Waals surface area contributed by atoms with Gasteiger partial charge in [0, 0.05) is 44.2 Å². The minimum atomic E-state index is -0.282. The van der Waals surface area contributed by atoms with Crippen molar-refractivity contribution in [3.05, 3.63) is 41.7 Å². The van der Waals surface area contributed by atoms with Crippen molar-refractivity contribution < 1.29 is 4.39 Å². The van der Waals surface area contributed by atoms with Gasteiger partial charge >= 0.3 is 0 Å². The van der Waals surface area contributed by atoms with Gasteiger partial charge in [0.05, 0.1) is 11.3 Å². The van der Waals surface area contributed by atoms with Crippen molar-refractivity contribution in [2.24, 2.45) is 11.8 Å². The van der Waals surface area contributed by atoms with Gasteiger partial charge in [-0.15, -0.1) is 0 Å². The summed E-state index contributed by atoms with van der Waals surface area (Å²) in [5.41, 5.74) is 1.05. The molecule has 0 spiro atoms. The third-order valence-corrected chi connectivity index (χ3v) is 5.16. The van der Waals surface area contributed by atoms with Gasteiger partial charge in [-0.1, -0.05) is 6.92 Å². The number of fused-ring (bicyclic) bond motifs is 1. The number of rotatable bonds is 3. The molecule has 0 radical (unpaired) electrons. The smallest absolute Gasteiger partial charge is 0.187 e. The SMILES string of the molecule is CCc1ncnc(N2CC3CN(c4ccc(C#N)cn4)CC3C2)c1F. The van der Waals surface area contributed by atoms with E-state index < -0.39 is 0 Å². The second-order valence-corrected chi connectivity index (χ2v) is 6.66. The van der Waals surface area contributed by atoms with E-state index in [0.29, 0.717) is 35.3 Å². The second kappa shape index (κ2) is 6.28. The number of nitrogens with zero attached hydrogens (tertiary/aromatic N) is 6. The summed E-state index contributed by atoms with van der Waals surface area (Å²) in [6, 6.07) is 5.78. The fourth-order valence-corrected chi connectivity index (χ4v) is 3.85. The van der Waals surface area contributed by atoms with E-state index in [1.807, 2.05) is 13.0 Å². The highest BCUT2D eigenvalue weighted by Gasteiger charge is 2.41. The maximum Gasteiger partial charge on any atom is 0.187 e. The zero-order valence-electron chi connectivity index (χ0n) is 14.1. The van der Waals surface area contributed by atoms with Crippen LogP contribution in [0.15, 0.2) is 24.7 Å².